The zero-order chi connectivity index (χ0) is 11.4. The van der Waals surface area contributed by atoms with E-state index in [4.69, 9.17) is 16.6 Å². The van der Waals surface area contributed by atoms with Crippen LogP contribution in [0, 0.1) is 11.8 Å². The number of nitrogen functional groups attached to an aromatic ring is 1. The lowest BCUT2D eigenvalue weighted by Gasteiger charge is -1.99. The number of amides is 1. The van der Waals surface area contributed by atoms with Crippen LogP contribution in [0.4, 0.5) is 5.69 Å². The molecule has 5 nitrogen and oxygen atoms in total. The smallest absolute Gasteiger partial charge is 0.337 e. The molecule has 1 aromatic carbocycles. The molecule has 15 heavy (non-hydrogen) atoms. The molecule has 0 saturated heterocycles. The first-order valence-electron chi connectivity index (χ1n) is 3.95. The first-order chi connectivity index (χ1) is 7.00. The summed E-state index contributed by atoms with van der Waals surface area (Å²) < 4.78 is 0. The molecular formula is C10H8N2O3. The normalized spacial score (nSPS) is 8.80. The van der Waals surface area contributed by atoms with E-state index in [-0.39, 0.29) is 11.3 Å². The molecule has 0 bridgehead atoms. The van der Waals surface area contributed by atoms with E-state index < -0.39 is 11.9 Å². The lowest BCUT2D eigenvalue weighted by atomic mass is 10.1. The molecule has 0 aliphatic rings. The molecule has 76 valence electrons. The van der Waals surface area contributed by atoms with Gasteiger partial charge < -0.3 is 16.6 Å². The molecule has 5 N–H and O–H groups in total. The van der Waals surface area contributed by atoms with Crippen molar-refractivity contribution in [3.05, 3.63) is 29.3 Å². The third-order valence-corrected chi connectivity index (χ3v) is 1.61. The van der Waals surface area contributed by atoms with Gasteiger partial charge in [-0.25, -0.2) is 4.79 Å². The maximum Gasteiger partial charge on any atom is 0.337 e. The average molecular weight is 204 g/mol. The fourth-order valence-electron chi connectivity index (χ4n) is 0.953. The lowest BCUT2D eigenvalue weighted by Crippen LogP contribution is -2.06. The van der Waals surface area contributed by atoms with Crippen molar-refractivity contribution in [2.75, 3.05) is 5.73 Å². The molecule has 1 rings (SSSR count). The van der Waals surface area contributed by atoms with Gasteiger partial charge in [-0.1, -0.05) is 5.92 Å². The predicted octanol–water partition coefficient (Wildman–Crippen LogP) is -0.196. The van der Waals surface area contributed by atoms with Crippen molar-refractivity contribution in [2.24, 2.45) is 5.73 Å². The number of aromatic carboxylic acids is 1. The minimum atomic E-state index is -1.14. The monoisotopic (exact) mass is 204 g/mol. The Morgan fingerprint density at radius 1 is 1.33 bits per heavy atom. The van der Waals surface area contributed by atoms with Gasteiger partial charge in [-0.2, -0.15) is 0 Å². The Bertz CT molecular complexity index is 483. The van der Waals surface area contributed by atoms with Crippen LogP contribution in [0.1, 0.15) is 15.9 Å². The highest BCUT2D eigenvalue weighted by Crippen LogP contribution is 2.13. The number of hydrogen-bond acceptors (Lipinski definition) is 3. The summed E-state index contributed by atoms with van der Waals surface area (Å²) in [5.41, 5.74) is 10.7. The van der Waals surface area contributed by atoms with E-state index in [0.717, 1.165) is 0 Å². The van der Waals surface area contributed by atoms with Crippen LogP contribution in [0.25, 0.3) is 0 Å². The molecule has 0 aliphatic carbocycles. The van der Waals surface area contributed by atoms with Gasteiger partial charge in [-0.15, -0.1) is 0 Å². The van der Waals surface area contributed by atoms with E-state index in [1.165, 1.54) is 18.2 Å². The third kappa shape index (κ3) is 2.74. The van der Waals surface area contributed by atoms with E-state index in [2.05, 4.69) is 11.8 Å². The highest BCUT2D eigenvalue weighted by molar-refractivity contribution is 5.95. The Balaban J connectivity index is 3.15. The molecule has 0 spiro atoms. The SMILES string of the molecule is NC(=O)C#Cc1ccc(N)c(C(=O)O)c1. The number of benzene rings is 1. The average Bonchev–Trinajstić information content (AvgIpc) is 2.16. The van der Waals surface area contributed by atoms with Crippen molar-refractivity contribution in [3.63, 3.8) is 0 Å². The van der Waals surface area contributed by atoms with Crippen LogP contribution >= 0.6 is 0 Å². The Hall–Kier alpha value is -2.48. The van der Waals surface area contributed by atoms with Crippen molar-refractivity contribution in [2.45, 2.75) is 0 Å². The van der Waals surface area contributed by atoms with Gasteiger partial charge in [0.1, 0.15) is 0 Å². The largest absolute Gasteiger partial charge is 0.478 e. The molecule has 0 atom stereocenters. The standard InChI is InChI=1S/C10H8N2O3/c11-8-3-1-6(2-4-9(12)13)5-7(8)10(14)15/h1,3,5H,11H2,(H2,12,13)(H,14,15). The van der Waals surface area contributed by atoms with Gasteiger partial charge in [0.2, 0.25) is 0 Å². The maximum atomic E-state index is 10.7. The van der Waals surface area contributed by atoms with Crippen molar-refractivity contribution in [1.29, 1.82) is 0 Å². The van der Waals surface area contributed by atoms with Crippen molar-refractivity contribution in [3.8, 4) is 11.8 Å². The van der Waals surface area contributed by atoms with Gasteiger partial charge in [0, 0.05) is 11.3 Å². The zero-order valence-electron chi connectivity index (χ0n) is 7.65. The fraction of sp³-hybridized carbons (Fsp3) is 0. The Morgan fingerprint density at radius 3 is 2.53 bits per heavy atom. The van der Waals surface area contributed by atoms with E-state index in [9.17, 15) is 9.59 Å². The van der Waals surface area contributed by atoms with Crippen LogP contribution in [-0.2, 0) is 4.79 Å². The Morgan fingerprint density at radius 2 is 2.00 bits per heavy atom. The summed E-state index contributed by atoms with van der Waals surface area (Å²) in [6.45, 7) is 0. The van der Waals surface area contributed by atoms with Crippen LogP contribution in [-0.4, -0.2) is 17.0 Å². The molecule has 0 radical (unpaired) electrons. The van der Waals surface area contributed by atoms with Crippen molar-refractivity contribution in [1.82, 2.24) is 0 Å². The molecule has 0 saturated carbocycles. The van der Waals surface area contributed by atoms with E-state index in [0.29, 0.717) is 5.56 Å². The summed E-state index contributed by atoms with van der Waals surface area (Å²) >= 11 is 0. The highest BCUT2D eigenvalue weighted by Gasteiger charge is 2.07. The summed E-state index contributed by atoms with van der Waals surface area (Å²) in [5, 5.41) is 8.75. The molecule has 1 aromatic rings. The summed E-state index contributed by atoms with van der Waals surface area (Å²) in [7, 11) is 0. The Labute approximate surface area is 85.7 Å². The number of carbonyl (C=O) groups is 2. The number of anilines is 1. The minimum absolute atomic E-state index is 0.0497. The van der Waals surface area contributed by atoms with Crippen molar-refractivity contribution >= 4 is 17.6 Å². The van der Waals surface area contributed by atoms with Gasteiger partial charge in [-0.05, 0) is 24.1 Å². The second-order valence-electron chi connectivity index (χ2n) is 2.72. The van der Waals surface area contributed by atoms with Crippen LogP contribution in [0.15, 0.2) is 18.2 Å². The van der Waals surface area contributed by atoms with Gasteiger partial charge in [0.15, 0.2) is 0 Å². The lowest BCUT2D eigenvalue weighted by molar-refractivity contribution is -0.112. The quantitative estimate of drug-likeness (QED) is 0.435. The van der Waals surface area contributed by atoms with Crippen LogP contribution in [0.3, 0.4) is 0 Å². The fourth-order valence-corrected chi connectivity index (χ4v) is 0.953. The predicted molar refractivity (Wildman–Crippen MR) is 53.9 cm³/mol. The molecule has 1 amide bonds. The molecule has 0 aromatic heterocycles. The van der Waals surface area contributed by atoms with E-state index in [1.54, 1.807) is 0 Å². The molecule has 0 heterocycles. The number of primary amides is 1. The summed E-state index contributed by atoms with van der Waals surface area (Å²) in [4.78, 5) is 21.1. The molecular weight excluding hydrogens is 196 g/mol. The number of carboxylic acid groups (broad SMARTS) is 1. The zero-order valence-corrected chi connectivity index (χ0v) is 7.65. The van der Waals surface area contributed by atoms with Crippen LogP contribution in [0.5, 0.6) is 0 Å². The topological polar surface area (TPSA) is 106 Å². The first-order valence-corrected chi connectivity index (χ1v) is 3.95. The number of rotatable bonds is 1. The molecule has 0 unspecified atom stereocenters. The van der Waals surface area contributed by atoms with Gasteiger partial charge in [0.05, 0.1) is 5.56 Å². The second-order valence-corrected chi connectivity index (χ2v) is 2.72. The number of carbonyl (C=O) groups excluding carboxylic acids is 1. The van der Waals surface area contributed by atoms with Gasteiger partial charge in [0.25, 0.3) is 5.91 Å². The van der Waals surface area contributed by atoms with Crippen molar-refractivity contribution < 1.29 is 14.7 Å². The van der Waals surface area contributed by atoms with Gasteiger partial charge >= 0.3 is 5.97 Å². The number of hydrogen-bond donors (Lipinski definition) is 3. The van der Waals surface area contributed by atoms with E-state index >= 15 is 0 Å². The number of carboxylic acids is 1. The maximum absolute atomic E-state index is 10.7. The van der Waals surface area contributed by atoms with Crippen LogP contribution in [0.2, 0.25) is 0 Å². The highest BCUT2D eigenvalue weighted by atomic mass is 16.4. The summed E-state index contributed by atoms with van der Waals surface area (Å²) in [6.07, 6.45) is 0. The minimum Gasteiger partial charge on any atom is -0.478 e. The third-order valence-electron chi connectivity index (χ3n) is 1.61. The van der Waals surface area contributed by atoms with E-state index in [1.807, 2.05) is 0 Å². The summed E-state index contributed by atoms with van der Waals surface area (Å²) in [5.74, 6) is 2.61. The summed E-state index contributed by atoms with van der Waals surface area (Å²) in [6, 6.07) is 4.21. The second kappa shape index (κ2) is 4.15. The van der Waals surface area contributed by atoms with Crippen LogP contribution < -0.4 is 11.5 Å². The van der Waals surface area contributed by atoms with Gasteiger partial charge in [-0.3, -0.25) is 4.79 Å². The number of nitrogens with two attached hydrogens (primary N) is 2. The molecule has 0 aliphatic heterocycles. The molecule has 5 heteroatoms. The first kappa shape index (κ1) is 10.6. The Kier molecular flexibility index (Phi) is 2.94. The molecule has 0 fully saturated rings.